The van der Waals surface area contributed by atoms with E-state index in [9.17, 15) is 4.39 Å². The van der Waals surface area contributed by atoms with Crippen LogP contribution in [-0.2, 0) is 9.47 Å². The summed E-state index contributed by atoms with van der Waals surface area (Å²) in [5.41, 5.74) is 1.23. The maximum atomic E-state index is 13.0. The molecule has 2 aliphatic rings. The zero-order valence-corrected chi connectivity index (χ0v) is 11.2. The number of rotatable bonds is 3. The first kappa shape index (κ1) is 13.0. The van der Waals surface area contributed by atoms with Crippen molar-refractivity contribution in [2.45, 2.75) is 31.6 Å². The van der Waals surface area contributed by atoms with Crippen molar-refractivity contribution in [2.75, 3.05) is 26.3 Å². The van der Waals surface area contributed by atoms with E-state index < -0.39 is 0 Å². The molecule has 0 amide bonds. The average Bonchev–Trinajstić information content (AvgIpc) is 3.02. The third-order valence-electron chi connectivity index (χ3n) is 4.12. The Labute approximate surface area is 113 Å². The van der Waals surface area contributed by atoms with Crippen molar-refractivity contribution in [1.82, 2.24) is 4.90 Å². The zero-order chi connectivity index (χ0) is 13.2. The van der Waals surface area contributed by atoms with Crippen LogP contribution in [0.1, 0.15) is 24.8 Å². The minimum atomic E-state index is -0.167. The molecule has 0 unspecified atom stereocenters. The molecular formula is C15H20FNO2. The number of hydrogen-bond acceptors (Lipinski definition) is 3. The molecule has 2 atom stereocenters. The predicted molar refractivity (Wildman–Crippen MR) is 70.5 cm³/mol. The Morgan fingerprint density at radius 1 is 1.21 bits per heavy atom. The van der Waals surface area contributed by atoms with Crippen LogP contribution < -0.4 is 0 Å². The lowest BCUT2D eigenvalue weighted by Gasteiger charge is -2.23. The highest BCUT2D eigenvalue weighted by atomic mass is 19.1. The van der Waals surface area contributed by atoms with Gasteiger partial charge in [0.25, 0.3) is 0 Å². The van der Waals surface area contributed by atoms with Crippen LogP contribution in [0.25, 0.3) is 0 Å². The number of benzene rings is 1. The van der Waals surface area contributed by atoms with Crippen molar-refractivity contribution in [3.63, 3.8) is 0 Å². The minimum absolute atomic E-state index is 0.0746. The molecule has 0 spiro atoms. The fourth-order valence-corrected chi connectivity index (χ4v) is 3.03. The normalized spacial score (nSPS) is 29.2. The van der Waals surface area contributed by atoms with Crippen LogP contribution in [0.3, 0.4) is 0 Å². The van der Waals surface area contributed by atoms with E-state index in [1.54, 1.807) is 12.1 Å². The SMILES string of the molecule is C[C@@H]1C[C@@H](c2ccc(F)cc2)CN1CC1OCCO1. The molecule has 2 aliphatic heterocycles. The van der Waals surface area contributed by atoms with Crippen LogP contribution in [0.15, 0.2) is 24.3 Å². The number of nitrogens with zero attached hydrogens (tertiary/aromatic N) is 1. The Balaban J connectivity index is 1.62. The predicted octanol–water partition coefficient (Wildman–Crippen LogP) is 2.38. The lowest BCUT2D eigenvalue weighted by Crippen LogP contribution is -2.35. The van der Waals surface area contributed by atoms with Crippen molar-refractivity contribution in [3.05, 3.63) is 35.6 Å². The molecule has 0 N–H and O–H groups in total. The smallest absolute Gasteiger partial charge is 0.170 e. The van der Waals surface area contributed by atoms with E-state index in [1.807, 2.05) is 12.1 Å². The van der Waals surface area contributed by atoms with E-state index in [2.05, 4.69) is 11.8 Å². The van der Waals surface area contributed by atoms with E-state index in [1.165, 1.54) is 5.56 Å². The van der Waals surface area contributed by atoms with Crippen molar-refractivity contribution in [2.24, 2.45) is 0 Å². The summed E-state index contributed by atoms with van der Waals surface area (Å²) in [5, 5.41) is 0. The molecule has 3 nitrogen and oxygen atoms in total. The summed E-state index contributed by atoms with van der Waals surface area (Å²) in [6, 6.07) is 7.41. The molecule has 0 saturated carbocycles. The highest BCUT2D eigenvalue weighted by Crippen LogP contribution is 2.32. The summed E-state index contributed by atoms with van der Waals surface area (Å²) in [6.45, 7) is 5.47. The molecular weight excluding hydrogens is 245 g/mol. The molecule has 2 heterocycles. The number of likely N-dealkylation sites (tertiary alicyclic amines) is 1. The van der Waals surface area contributed by atoms with Crippen molar-refractivity contribution < 1.29 is 13.9 Å². The lowest BCUT2D eigenvalue weighted by atomic mass is 9.97. The van der Waals surface area contributed by atoms with Crippen LogP contribution in [0.4, 0.5) is 4.39 Å². The maximum absolute atomic E-state index is 13.0. The molecule has 1 aromatic rings. The van der Waals surface area contributed by atoms with E-state index in [-0.39, 0.29) is 12.1 Å². The van der Waals surface area contributed by atoms with Gasteiger partial charge in [0.15, 0.2) is 6.29 Å². The second-order valence-corrected chi connectivity index (χ2v) is 5.46. The first-order chi connectivity index (χ1) is 9.22. The summed E-state index contributed by atoms with van der Waals surface area (Å²) in [5.74, 6) is 0.316. The maximum Gasteiger partial charge on any atom is 0.170 e. The van der Waals surface area contributed by atoms with Gasteiger partial charge in [0.1, 0.15) is 5.82 Å². The molecule has 19 heavy (non-hydrogen) atoms. The van der Waals surface area contributed by atoms with Crippen LogP contribution in [-0.4, -0.2) is 43.5 Å². The molecule has 2 saturated heterocycles. The van der Waals surface area contributed by atoms with E-state index >= 15 is 0 Å². The highest BCUT2D eigenvalue weighted by Gasteiger charge is 2.32. The van der Waals surface area contributed by atoms with Crippen LogP contribution >= 0.6 is 0 Å². The third-order valence-corrected chi connectivity index (χ3v) is 4.12. The third kappa shape index (κ3) is 2.96. The van der Waals surface area contributed by atoms with Gasteiger partial charge < -0.3 is 9.47 Å². The Morgan fingerprint density at radius 3 is 2.58 bits per heavy atom. The van der Waals surface area contributed by atoms with Gasteiger partial charge in [0.2, 0.25) is 0 Å². The van der Waals surface area contributed by atoms with Gasteiger partial charge in [-0.25, -0.2) is 4.39 Å². The first-order valence-corrected chi connectivity index (χ1v) is 6.95. The monoisotopic (exact) mass is 265 g/mol. The standard InChI is InChI=1S/C15H20FNO2/c1-11-8-13(12-2-4-14(16)5-3-12)9-17(11)10-15-18-6-7-19-15/h2-5,11,13,15H,6-10H2,1H3/t11-,13-/m1/s1. The van der Waals surface area contributed by atoms with Gasteiger partial charge in [-0.05, 0) is 37.0 Å². The highest BCUT2D eigenvalue weighted by molar-refractivity contribution is 5.22. The summed E-state index contributed by atoms with van der Waals surface area (Å²) in [4.78, 5) is 2.41. The molecule has 0 aromatic heterocycles. The van der Waals surface area contributed by atoms with Gasteiger partial charge in [0, 0.05) is 19.1 Å². The Kier molecular flexibility index (Phi) is 3.82. The van der Waals surface area contributed by atoms with Crippen molar-refractivity contribution in [1.29, 1.82) is 0 Å². The second-order valence-electron chi connectivity index (χ2n) is 5.46. The molecule has 0 bridgehead atoms. The summed E-state index contributed by atoms with van der Waals surface area (Å²) >= 11 is 0. The van der Waals surface area contributed by atoms with Crippen molar-refractivity contribution in [3.8, 4) is 0 Å². The summed E-state index contributed by atoms with van der Waals surface area (Å²) < 4.78 is 24.0. The Hall–Kier alpha value is -0.970. The van der Waals surface area contributed by atoms with Gasteiger partial charge in [-0.1, -0.05) is 12.1 Å². The molecule has 2 fully saturated rings. The number of ether oxygens (including phenoxy) is 2. The van der Waals surface area contributed by atoms with Crippen molar-refractivity contribution >= 4 is 0 Å². The minimum Gasteiger partial charge on any atom is -0.349 e. The van der Waals surface area contributed by atoms with E-state index in [0.717, 1.165) is 19.5 Å². The quantitative estimate of drug-likeness (QED) is 0.837. The van der Waals surface area contributed by atoms with Crippen LogP contribution in [0.2, 0.25) is 0 Å². The molecule has 1 aromatic carbocycles. The lowest BCUT2D eigenvalue weighted by molar-refractivity contribution is -0.0631. The fourth-order valence-electron chi connectivity index (χ4n) is 3.03. The first-order valence-electron chi connectivity index (χ1n) is 6.95. The van der Waals surface area contributed by atoms with E-state index in [0.29, 0.717) is 25.2 Å². The van der Waals surface area contributed by atoms with Gasteiger partial charge in [-0.15, -0.1) is 0 Å². The zero-order valence-electron chi connectivity index (χ0n) is 11.2. The molecule has 0 radical (unpaired) electrons. The molecule has 104 valence electrons. The van der Waals surface area contributed by atoms with Crippen LogP contribution in [0.5, 0.6) is 0 Å². The van der Waals surface area contributed by atoms with Gasteiger partial charge in [-0.2, -0.15) is 0 Å². The van der Waals surface area contributed by atoms with Gasteiger partial charge >= 0.3 is 0 Å². The van der Waals surface area contributed by atoms with Gasteiger partial charge in [0.05, 0.1) is 13.2 Å². The molecule has 4 heteroatoms. The van der Waals surface area contributed by atoms with E-state index in [4.69, 9.17) is 9.47 Å². The van der Waals surface area contributed by atoms with Crippen LogP contribution in [0, 0.1) is 5.82 Å². The topological polar surface area (TPSA) is 21.7 Å². The summed E-state index contributed by atoms with van der Waals surface area (Å²) in [6.07, 6.45) is 1.03. The summed E-state index contributed by atoms with van der Waals surface area (Å²) in [7, 11) is 0. The van der Waals surface area contributed by atoms with Gasteiger partial charge in [-0.3, -0.25) is 4.90 Å². The second kappa shape index (κ2) is 5.57. The Morgan fingerprint density at radius 2 is 1.89 bits per heavy atom. The molecule has 3 rings (SSSR count). The average molecular weight is 265 g/mol. The number of hydrogen-bond donors (Lipinski definition) is 0. The Bertz CT molecular complexity index is 417. The largest absolute Gasteiger partial charge is 0.349 e. The molecule has 0 aliphatic carbocycles. The fraction of sp³-hybridized carbons (Fsp3) is 0.600. The number of halogens is 1.